The Kier molecular flexibility index (Phi) is 5.36. The van der Waals surface area contributed by atoms with Crippen molar-refractivity contribution in [3.8, 4) is 0 Å². The molecule has 0 saturated heterocycles. The van der Waals surface area contributed by atoms with Crippen LogP contribution < -0.4 is 0 Å². The van der Waals surface area contributed by atoms with Crippen LogP contribution in [0.15, 0.2) is 21.2 Å². The molecule has 0 amide bonds. The van der Waals surface area contributed by atoms with Crippen LogP contribution in [0.5, 0.6) is 0 Å². The molecule has 15 heavy (non-hydrogen) atoms. The van der Waals surface area contributed by atoms with Gasteiger partial charge < -0.3 is 9.52 Å². The molecule has 86 valence electrons. The van der Waals surface area contributed by atoms with E-state index in [0.717, 1.165) is 29.9 Å². The quantitative estimate of drug-likeness (QED) is 0.867. The molecule has 0 aliphatic heterocycles. The zero-order valence-corrected chi connectivity index (χ0v) is 10.8. The standard InChI is InChI=1S/C11H18BrNO2/c1-9(2)13(6-3-7-14)8-10-4-5-11(12)15-10/h4-5,9,14H,3,6-8H2,1-2H3. The third-order valence-corrected chi connectivity index (χ3v) is 2.75. The number of rotatable bonds is 6. The highest BCUT2D eigenvalue weighted by Gasteiger charge is 2.11. The van der Waals surface area contributed by atoms with Crippen molar-refractivity contribution < 1.29 is 9.52 Å². The fourth-order valence-electron chi connectivity index (χ4n) is 1.43. The number of hydrogen-bond acceptors (Lipinski definition) is 3. The summed E-state index contributed by atoms with van der Waals surface area (Å²) in [6, 6.07) is 4.33. The number of nitrogens with zero attached hydrogens (tertiary/aromatic N) is 1. The fourth-order valence-corrected chi connectivity index (χ4v) is 1.77. The number of aliphatic hydroxyl groups is 1. The third-order valence-electron chi connectivity index (χ3n) is 2.32. The number of furan rings is 1. The minimum atomic E-state index is 0.241. The van der Waals surface area contributed by atoms with Crippen LogP contribution in [0, 0.1) is 0 Å². The van der Waals surface area contributed by atoms with E-state index >= 15 is 0 Å². The van der Waals surface area contributed by atoms with E-state index in [1.807, 2.05) is 12.1 Å². The highest BCUT2D eigenvalue weighted by atomic mass is 79.9. The highest BCUT2D eigenvalue weighted by Crippen LogP contribution is 2.16. The van der Waals surface area contributed by atoms with Crippen molar-refractivity contribution in [3.63, 3.8) is 0 Å². The largest absolute Gasteiger partial charge is 0.453 e. The first-order chi connectivity index (χ1) is 7.13. The van der Waals surface area contributed by atoms with Crippen LogP contribution in [0.3, 0.4) is 0 Å². The number of hydrogen-bond donors (Lipinski definition) is 1. The average Bonchev–Trinajstić information content (AvgIpc) is 2.58. The average molecular weight is 276 g/mol. The lowest BCUT2D eigenvalue weighted by molar-refractivity contribution is 0.173. The lowest BCUT2D eigenvalue weighted by Crippen LogP contribution is -2.31. The van der Waals surface area contributed by atoms with Crippen LogP contribution in [-0.4, -0.2) is 29.2 Å². The van der Waals surface area contributed by atoms with E-state index in [0.29, 0.717) is 6.04 Å². The molecule has 1 aromatic rings. The van der Waals surface area contributed by atoms with Gasteiger partial charge in [0.25, 0.3) is 0 Å². The molecule has 1 rings (SSSR count). The van der Waals surface area contributed by atoms with Crippen LogP contribution in [0.4, 0.5) is 0 Å². The van der Waals surface area contributed by atoms with Gasteiger partial charge in [-0.1, -0.05) is 0 Å². The first-order valence-electron chi connectivity index (χ1n) is 5.22. The van der Waals surface area contributed by atoms with Gasteiger partial charge in [0.2, 0.25) is 0 Å². The molecule has 0 aromatic carbocycles. The molecule has 0 fully saturated rings. The first kappa shape index (κ1) is 12.7. The summed E-state index contributed by atoms with van der Waals surface area (Å²) in [5, 5.41) is 8.81. The molecule has 0 spiro atoms. The summed E-state index contributed by atoms with van der Waals surface area (Å²) in [6.45, 7) is 6.23. The highest BCUT2D eigenvalue weighted by molar-refractivity contribution is 9.10. The summed E-state index contributed by atoms with van der Waals surface area (Å²) in [4.78, 5) is 2.28. The first-order valence-corrected chi connectivity index (χ1v) is 6.02. The van der Waals surface area contributed by atoms with E-state index in [9.17, 15) is 0 Å². The Bertz CT molecular complexity index is 286. The lowest BCUT2D eigenvalue weighted by atomic mass is 10.2. The van der Waals surface area contributed by atoms with Crippen LogP contribution >= 0.6 is 15.9 Å². The van der Waals surface area contributed by atoms with Gasteiger partial charge in [0, 0.05) is 19.2 Å². The van der Waals surface area contributed by atoms with E-state index in [2.05, 4.69) is 34.7 Å². The van der Waals surface area contributed by atoms with Gasteiger partial charge in [-0.25, -0.2) is 0 Å². The smallest absolute Gasteiger partial charge is 0.169 e. The minimum absolute atomic E-state index is 0.241. The molecular formula is C11H18BrNO2. The van der Waals surface area contributed by atoms with Gasteiger partial charge in [-0.15, -0.1) is 0 Å². The molecule has 1 aromatic heterocycles. The molecule has 0 aliphatic carbocycles. The Morgan fingerprint density at radius 3 is 2.67 bits per heavy atom. The molecule has 0 unspecified atom stereocenters. The number of aliphatic hydroxyl groups excluding tert-OH is 1. The molecule has 1 heterocycles. The Hall–Kier alpha value is -0.320. The van der Waals surface area contributed by atoms with E-state index < -0.39 is 0 Å². The van der Waals surface area contributed by atoms with Crippen molar-refractivity contribution in [2.45, 2.75) is 32.9 Å². The maximum atomic E-state index is 8.81. The van der Waals surface area contributed by atoms with Crippen LogP contribution in [0.1, 0.15) is 26.0 Å². The zero-order chi connectivity index (χ0) is 11.3. The van der Waals surface area contributed by atoms with Gasteiger partial charge >= 0.3 is 0 Å². The summed E-state index contributed by atoms with van der Waals surface area (Å²) in [5.41, 5.74) is 0. The molecule has 4 heteroatoms. The molecule has 0 radical (unpaired) electrons. The molecule has 0 aliphatic rings. The fraction of sp³-hybridized carbons (Fsp3) is 0.636. The second-order valence-corrected chi connectivity index (χ2v) is 4.63. The summed E-state index contributed by atoms with van der Waals surface area (Å²) >= 11 is 3.29. The van der Waals surface area contributed by atoms with Crippen molar-refractivity contribution in [2.75, 3.05) is 13.2 Å². The molecule has 0 bridgehead atoms. The normalized spacial score (nSPS) is 11.6. The van der Waals surface area contributed by atoms with E-state index in [4.69, 9.17) is 9.52 Å². The van der Waals surface area contributed by atoms with Gasteiger partial charge in [0.15, 0.2) is 4.67 Å². The minimum Gasteiger partial charge on any atom is -0.453 e. The van der Waals surface area contributed by atoms with Crippen LogP contribution in [0.25, 0.3) is 0 Å². The van der Waals surface area contributed by atoms with E-state index in [1.54, 1.807) is 0 Å². The van der Waals surface area contributed by atoms with Crippen LogP contribution in [-0.2, 0) is 6.54 Å². The molecule has 0 saturated carbocycles. The Labute approximate surface area is 99.2 Å². The van der Waals surface area contributed by atoms with Crippen molar-refractivity contribution in [2.24, 2.45) is 0 Å². The maximum Gasteiger partial charge on any atom is 0.169 e. The maximum absolute atomic E-state index is 8.81. The second-order valence-electron chi connectivity index (χ2n) is 3.85. The summed E-state index contributed by atoms with van der Waals surface area (Å²) in [6.07, 6.45) is 0.806. The molecular weight excluding hydrogens is 258 g/mol. The monoisotopic (exact) mass is 275 g/mol. The lowest BCUT2D eigenvalue weighted by Gasteiger charge is -2.24. The summed E-state index contributed by atoms with van der Waals surface area (Å²) in [5.74, 6) is 0.952. The predicted octanol–water partition coefficient (Wildman–Crippen LogP) is 2.63. The van der Waals surface area contributed by atoms with E-state index in [1.165, 1.54) is 0 Å². The topological polar surface area (TPSA) is 36.6 Å². The summed E-state index contributed by atoms with van der Waals surface area (Å²) < 4.78 is 6.22. The van der Waals surface area contributed by atoms with E-state index in [-0.39, 0.29) is 6.61 Å². The SMILES string of the molecule is CC(C)N(CCCO)Cc1ccc(Br)o1. The molecule has 3 nitrogen and oxygen atoms in total. The van der Waals surface area contributed by atoms with Gasteiger partial charge in [0.1, 0.15) is 5.76 Å². The van der Waals surface area contributed by atoms with Gasteiger partial charge in [-0.3, -0.25) is 4.90 Å². The van der Waals surface area contributed by atoms with Crippen molar-refractivity contribution in [1.29, 1.82) is 0 Å². The van der Waals surface area contributed by atoms with Gasteiger partial charge in [0.05, 0.1) is 6.54 Å². The zero-order valence-electron chi connectivity index (χ0n) is 9.24. The van der Waals surface area contributed by atoms with Crippen molar-refractivity contribution in [1.82, 2.24) is 4.90 Å². The van der Waals surface area contributed by atoms with Crippen molar-refractivity contribution in [3.05, 3.63) is 22.6 Å². The van der Waals surface area contributed by atoms with Gasteiger partial charge in [-0.2, -0.15) is 0 Å². The third kappa shape index (κ3) is 4.36. The number of halogens is 1. The molecule has 0 atom stereocenters. The Balaban J connectivity index is 2.50. The Morgan fingerprint density at radius 2 is 2.20 bits per heavy atom. The molecule has 1 N–H and O–H groups in total. The Morgan fingerprint density at radius 1 is 1.47 bits per heavy atom. The summed E-state index contributed by atoms with van der Waals surface area (Å²) in [7, 11) is 0. The van der Waals surface area contributed by atoms with Crippen LogP contribution in [0.2, 0.25) is 0 Å². The predicted molar refractivity (Wildman–Crippen MR) is 63.7 cm³/mol. The second kappa shape index (κ2) is 6.30. The van der Waals surface area contributed by atoms with Crippen molar-refractivity contribution >= 4 is 15.9 Å². The van der Waals surface area contributed by atoms with Gasteiger partial charge in [-0.05, 0) is 48.3 Å².